The molecule has 0 aliphatic heterocycles. The molecule has 0 unspecified atom stereocenters. The molecule has 3 aromatic heterocycles. The molecule has 7 heteroatoms. The van der Waals surface area contributed by atoms with E-state index in [4.69, 9.17) is 5.73 Å². The van der Waals surface area contributed by atoms with E-state index in [1.165, 1.54) is 6.08 Å². The van der Waals surface area contributed by atoms with Crippen LogP contribution in [0.2, 0.25) is 0 Å². The van der Waals surface area contributed by atoms with E-state index in [0.717, 1.165) is 27.6 Å². The molecule has 0 fully saturated rings. The van der Waals surface area contributed by atoms with Gasteiger partial charge in [-0.05, 0) is 26.0 Å². The molecule has 28 heavy (non-hydrogen) atoms. The van der Waals surface area contributed by atoms with Gasteiger partial charge in [0.1, 0.15) is 5.52 Å². The Labute approximate surface area is 161 Å². The molecule has 4 aromatic rings. The van der Waals surface area contributed by atoms with Crippen LogP contribution in [0.25, 0.3) is 39.4 Å². The Morgan fingerprint density at radius 1 is 1.21 bits per heavy atom. The average Bonchev–Trinajstić information content (AvgIpc) is 3.07. The van der Waals surface area contributed by atoms with E-state index in [0.29, 0.717) is 16.9 Å². The number of primary amides is 1. The van der Waals surface area contributed by atoms with Gasteiger partial charge >= 0.3 is 0 Å². The average molecular weight is 373 g/mol. The van der Waals surface area contributed by atoms with Crippen LogP contribution in [-0.4, -0.2) is 30.9 Å². The van der Waals surface area contributed by atoms with Gasteiger partial charge in [-0.1, -0.05) is 18.2 Å². The molecule has 3 heterocycles. The second-order valence-electron chi connectivity index (χ2n) is 7.09. The molecule has 0 radical (unpaired) electrons. The van der Waals surface area contributed by atoms with E-state index in [9.17, 15) is 9.90 Å². The van der Waals surface area contributed by atoms with E-state index < -0.39 is 11.5 Å². The largest absolute Gasteiger partial charge is 0.386 e. The number of H-pyrrole nitrogens is 1. The predicted octanol–water partition coefficient (Wildman–Crippen LogP) is 2.90. The van der Waals surface area contributed by atoms with Gasteiger partial charge in [-0.2, -0.15) is 0 Å². The number of benzene rings is 1. The van der Waals surface area contributed by atoms with Crippen molar-refractivity contribution in [2.75, 3.05) is 0 Å². The number of nitrogens with one attached hydrogen (secondary N) is 1. The van der Waals surface area contributed by atoms with Crippen molar-refractivity contribution >= 4 is 34.1 Å². The third-order valence-electron chi connectivity index (χ3n) is 4.50. The Bertz CT molecular complexity index is 1230. The van der Waals surface area contributed by atoms with E-state index in [1.54, 1.807) is 38.5 Å². The Kier molecular flexibility index (Phi) is 4.16. The summed E-state index contributed by atoms with van der Waals surface area (Å²) in [5.74, 6) is -0.528. The molecule has 4 rings (SSSR count). The molecule has 0 spiro atoms. The lowest BCUT2D eigenvalue weighted by Crippen LogP contribution is -2.16. The first kappa shape index (κ1) is 17.8. The molecule has 0 bridgehead atoms. The molecule has 0 atom stereocenters. The van der Waals surface area contributed by atoms with Gasteiger partial charge in [0.25, 0.3) is 0 Å². The fraction of sp³-hybridized carbons (Fsp3) is 0.143. The number of nitrogens with zero attached hydrogens (tertiary/aromatic N) is 3. The van der Waals surface area contributed by atoms with Crippen LogP contribution < -0.4 is 5.73 Å². The number of amides is 1. The highest BCUT2D eigenvalue weighted by Gasteiger charge is 2.20. The van der Waals surface area contributed by atoms with Crippen LogP contribution in [0, 0.1) is 0 Å². The molecule has 0 aliphatic rings. The standard InChI is InChI=1S/C21H19N5O2/c1-21(2,28)15-5-3-4-12-8-14(10-23-18(12)15)16-11-25-20-19(26-16)13(9-24-20)6-7-17(22)27/h3-11,28H,1-2H3,(H2,22,27)(H,24,25)/b7-6+. The lowest BCUT2D eigenvalue weighted by atomic mass is 9.95. The third-order valence-corrected chi connectivity index (χ3v) is 4.50. The van der Waals surface area contributed by atoms with E-state index >= 15 is 0 Å². The molecule has 0 aliphatic carbocycles. The molecule has 4 N–H and O–H groups in total. The summed E-state index contributed by atoms with van der Waals surface area (Å²) in [5.41, 5.74) is 9.14. The van der Waals surface area contributed by atoms with Gasteiger partial charge in [-0.15, -0.1) is 0 Å². The van der Waals surface area contributed by atoms with Crippen LogP contribution in [0.4, 0.5) is 0 Å². The van der Waals surface area contributed by atoms with Crippen molar-refractivity contribution in [3.8, 4) is 11.3 Å². The van der Waals surface area contributed by atoms with Gasteiger partial charge in [0, 0.05) is 40.5 Å². The number of carbonyl (C=O) groups excluding carboxylic acids is 1. The maximum atomic E-state index is 11.0. The van der Waals surface area contributed by atoms with Crippen LogP contribution >= 0.6 is 0 Å². The lowest BCUT2D eigenvalue weighted by Gasteiger charge is -2.19. The highest BCUT2D eigenvalue weighted by atomic mass is 16.3. The Morgan fingerprint density at radius 2 is 2.04 bits per heavy atom. The number of aliphatic hydroxyl groups is 1. The van der Waals surface area contributed by atoms with Gasteiger partial charge in [0.15, 0.2) is 5.65 Å². The van der Waals surface area contributed by atoms with Crippen LogP contribution in [0.1, 0.15) is 25.0 Å². The number of aromatic nitrogens is 4. The van der Waals surface area contributed by atoms with Crippen molar-refractivity contribution < 1.29 is 9.90 Å². The minimum Gasteiger partial charge on any atom is -0.386 e. The van der Waals surface area contributed by atoms with Crippen LogP contribution in [0.5, 0.6) is 0 Å². The molecular weight excluding hydrogens is 354 g/mol. The summed E-state index contributed by atoms with van der Waals surface area (Å²) in [4.78, 5) is 27.7. The Morgan fingerprint density at radius 3 is 2.79 bits per heavy atom. The summed E-state index contributed by atoms with van der Waals surface area (Å²) in [7, 11) is 0. The molecule has 140 valence electrons. The number of rotatable bonds is 4. The van der Waals surface area contributed by atoms with Crippen molar-refractivity contribution in [2.24, 2.45) is 5.73 Å². The number of para-hydroxylation sites is 1. The summed E-state index contributed by atoms with van der Waals surface area (Å²) in [6.07, 6.45) is 8.00. The predicted molar refractivity (Wildman–Crippen MR) is 108 cm³/mol. The molecule has 1 aromatic carbocycles. The highest BCUT2D eigenvalue weighted by molar-refractivity contribution is 5.94. The van der Waals surface area contributed by atoms with Crippen molar-refractivity contribution in [1.29, 1.82) is 0 Å². The molecule has 7 nitrogen and oxygen atoms in total. The second-order valence-corrected chi connectivity index (χ2v) is 7.09. The lowest BCUT2D eigenvalue weighted by molar-refractivity contribution is -0.113. The van der Waals surface area contributed by atoms with Crippen molar-refractivity contribution in [3.05, 3.63) is 60.1 Å². The summed E-state index contributed by atoms with van der Waals surface area (Å²) in [6, 6.07) is 7.69. The summed E-state index contributed by atoms with van der Waals surface area (Å²) in [6.45, 7) is 3.48. The number of hydrogen-bond donors (Lipinski definition) is 3. The van der Waals surface area contributed by atoms with Gasteiger partial charge in [-0.25, -0.2) is 9.97 Å². The number of nitrogens with two attached hydrogens (primary N) is 1. The quantitative estimate of drug-likeness (QED) is 0.475. The zero-order valence-electron chi connectivity index (χ0n) is 15.5. The topological polar surface area (TPSA) is 118 Å². The SMILES string of the molecule is CC(C)(O)c1cccc2cc(-c3cnc4[nH]cc(/C=C/C(N)=O)c4n3)cnc12. The van der Waals surface area contributed by atoms with Crippen molar-refractivity contribution in [2.45, 2.75) is 19.4 Å². The zero-order valence-corrected chi connectivity index (χ0v) is 15.5. The Hall–Kier alpha value is -3.58. The normalized spacial score (nSPS) is 12.2. The number of fused-ring (bicyclic) bond motifs is 2. The van der Waals surface area contributed by atoms with Crippen LogP contribution in [0.15, 0.2) is 48.9 Å². The summed E-state index contributed by atoms with van der Waals surface area (Å²) < 4.78 is 0. The van der Waals surface area contributed by atoms with Crippen molar-refractivity contribution in [3.63, 3.8) is 0 Å². The third kappa shape index (κ3) is 3.23. The minimum absolute atomic E-state index is 0.528. The number of hydrogen-bond acceptors (Lipinski definition) is 5. The van der Waals surface area contributed by atoms with Gasteiger partial charge in [-0.3, -0.25) is 9.78 Å². The highest BCUT2D eigenvalue weighted by Crippen LogP contribution is 2.29. The van der Waals surface area contributed by atoms with Gasteiger partial charge in [0.2, 0.25) is 5.91 Å². The van der Waals surface area contributed by atoms with Crippen LogP contribution in [0.3, 0.4) is 0 Å². The number of carbonyl (C=O) groups is 1. The van der Waals surface area contributed by atoms with Crippen molar-refractivity contribution in [1.82, 2.24) is 19.9 Å². The van der Waals surface area contributed by atoms with E-state index in [-0.39, 0.29) is 0 Å². The summed E-state index contributed by atoms with van der Waals surface area (Å²) in [5, 5.41) is 11.3. The number of aromatic amines is 1. The first-order valence-corrected chi connectivity index (χ1v) is 8.76. The molecule has 1 amide bonds. The first-order valence-electron chi connectivity index (χ1n) is 8.76. The van der Waals surface area contributed by atoms with Gasteiger partial charge < -0.3 is 15.8 Å². The second kappa shape index (κ2) is 6.54. The number of pyridine rings is 1. The smallest absolute Gasteiger partial charge is 0.241 e. The zero-order chi connectivity index (χ0) is 19.9. The van der Waals surface area contributed by atoms with Crippen LogP contribution in [-0.2, 0) is 10.4 Å². The van der Waals surface area contributed by atoms with E-state index in [1.807, 2.05) is 24.3 Å². The van der Waals surface area contributed by atoms with E-state index in [2.05, 4.69) is 19.9 Å². The maximum absolute atomic E-state index is 11.0. The summed E-state index contributed by atoms with van der Waals surface area (Å²) >= 11 is 0. The first-order chi connectivity index (χ1) is 13.3. The molecule has 0 saturated heterocycles. The fourth-order valence-corrected chi connectivity index (χ4v) is 3.14. The monoisotopic (exact) mass is 373 g/mol. The molecular formula is C21H19N5O2. The van der Waals surface area contributed by atoms with Gasteiger partial charge in [0.05, 0.1) is 23.0 Å². The maximum Gasteiger partial charge on any atom is 0.241 e. The molecule has 0 saturated carbocycles. The Balaban J connectivity index is 1.82. The minimum atomic E-state index is -0.987. The fourth-order valence-electron chi connectivity index (χ4n) is 3.14.